The Kier molecular flexibility index (Phi) is 6.97. The highest BCUT2D eigenvalue weighted by molar-refractivity contribution is 8.26. The number of carbonyl (C=O) groups excluding carboxylic acids is 2. The van der Waals surface area contributed by atoms with Crippen LogP contribution in [0, 0.1) is 16.0 Å². The number of benzene rings is 1. The highest BCUT2D eigenvalue weighted by atomic mass is 32.2. The summed E-state index contributed by atoms with van der Waals surface area (Å²) in [5.41, 5.74) is -0.289. The summed E-state index contributed by atoms with van der Waals surface area (Å²) in [5.74, 6) is -1.63. The van der Waals surface area contributed by atoms with Crippen molar-refractivity contribution < 1.29 is 29.1 Å². The molecule has 0 aliphatic carbocycles. The summed E-state index contributed by atoms with van der Waals surface area (Å²) in [6, 6.07) is 2.47. The number of nitrogens with zero attached hydrogens (tertiary/aromatic N) is 2. The maximum atomic E-state index is 12.6. The van der Waals surface area contributed by atoms with E-state index >= 15 is 0 Å². The largest absolute Gasteiger partial charge is 0.500 e. The molecule has 0 saturated carbocycles. The summed E-state index contributed by atoms with van der Waals surface area (Å²) >= 11 is 6.11. The molecule has 0 atom stereocenters. The number of phenolic OH excluding ortho intramolecular Hbond substituents is 1. The maximum absolute atomic E-state index is 12.6. The monoisotopic (exact) mass is 426 g/mol. The molecule has 9 nitrogen and oxygen atoms in total. The first-order valence-corrected chi connectivity index (χ1v) is 9.32. The van der Waals surface area contributed by atoms with E-state index in [-0.39, 0.29) is 39.6 Å². The lowest BCUT2D eigenvalue weighted by atomic mass is 10.1. The SMILES string of the molecule is COc1cc(/C=C2\SC(=S)N(CC(=O)OCC(C)C)C2=O)cc([N+](=O)[O-])c1O. The Morgan fingerprint density at radius 1 is 1.46 bits per heavy atom. The predicted molar refractivity (Wildman–Crippen MR) is 107 cm³/mol. The van der Waals surface area contributed by atoms with Crippen molar-refractivity contribution in [2.24, 2.45) is 5.92 Å². The number of methoxy groups -OCH3 is 1. The molecule has 150 valence electrons. The fourth-order valence-electron chi connectivity index (χ4n) is 2.21. The first-order valence-electron chi connectivity index (χ1n) is 8.10. The van der Waals surface area contributed by atoms with E-state index in [0.29, 0.717) is 0 Å². The van der Waals surface area contributed by atoms with Crippen LogP contribution in [0.3, 0.4) is 0 Å². The third-order valence-electron chi connectivity index (χ3n) is 3.53. The van der Waals surface area contributed by atoms with E-state index in [1.807, 2.05) is 13.8 Å². The van der Waals surface area contributed by atoms with Crippen molar-refractivity contribution in [3.63, 3.8) is 0 Å². The Bertz CT molecular complexity index is 867. The number of nitro benzene ring substituents is 1. The van der Waals surface area contributed by atoms with E-state index < -0.39 is 28.2 Å². The lowest BCUT2D eigenvalue weighted by molar-refractivity contribution is -0.386. The van der Waals surface area contributed by atoms with Gasteiger partial charge in [0.25, 0.3) is 5.91 Å². The molecule has 1 fully saturated rings. The van der Waals surface area contributed by atoms with Crippen LogP contribution in [0.1, 0.15) is 19.4 Å². The molecule has 1 heterocycles. The standard InChI is InChI=1S/C17H18N2O7S2/c1-9(2)8-26-14(20)7-18-16(22)13(28-17(18)27)6-10-4-11(19(23)24)15(21)12(5-10)25-3/h4-6,9,21H,7-8H2,1-3H3/b13-6-. The molecule has 2 rings (SSSR count). The number of rotatable bonds is 7. The van der Waals surface area contributed by atoms with Gasteiger partial charge in [0.15, 0.2) is 5.75 Å². The van der Waals surface area contributed by atoms with Gasteiger partial charge in [-0.25, -0.2) is 0 Å². The molecule has 1 N–H and O–H groups in total. The summed E-state index contributed by atoms with van der Waals surface area (Å²) < 4.78 is 10.2. The zero-order chi connectivity index (χ0) is 21.0. The molecule has 1 amide bonds. The van der Waals surface area contributed by atoms with E-state index in [9.17, 15) is 24.8 Å². The molecule has 0 radical (unpaired) electrons. The number of ether oxygens (including phenoxy) is 2. The van der Waals surface area contributed by atoms with Crippen molar-refractivity contribution in [3.8, 4) is 11.5 Å². The molecule has 1 aliphatic rings. The Balaban J connectivity index is 2.25. The molecule has 11 heteroatoms. The van der Waals surface area contributed by atoms with Crippen molar-refractivity contribution >= 4 is 51.9 Å². The number of amides is 1. The summed E-state index contributed by atoms with van der Waals surface area (Å²) in [4.78, 5) is 36.1. The smallest absolute Gasteiger partial charge is 0.326 e. The number of thioether (sulfide) groups is 1. The number of carbonyl (C=O) groups is 2. The van der Waals surface area contributed by atoms with Crippen molar-refractivity contribution in [2.75, 3.05) is 20.3 Å². The van der Waals surface area contributed by atoms with Gasteiger partial charge in [-0.3, -0.25) is 24.6 Å². The van der Waals surface area contributed by atoms with E-state index in [0.717, 1.165) is 22.7 Å². The number of phenols is 1. The lowest BCUT2D eigenvalue weighted by Gasteiger charge is -2.14. The van der Waals surface area contributed by atoms with Crippen molar-refractivity contribution in [1.82, 2.24) is 4.90 Å². The first-order chi connectivity index (χ1) is 13.1. The normalized spacial score (nSPS) is 15.4. The molecule has 28 heavy (non-hydrogen) atoms. The van der Waals surface area contributed by atoms with Crippen LogP contribution in [0.15, 0.2) is 17.0 Å². The topological polar surface area (TPSA) is 119 Å². The fourth-order valence-corrected chi connectivity index (χ4v) is 3.47. The van der Waals surface area contributed by atoms with Gasteiger partial charge in [-0.1, -0.05) is 37.8 Å². The van der Waals surface area contributed by atoms with Gasteiger partial charge >= 0.3 is 11.7 Å². The second kappa shape index (κ2) is 9.02. The molecule has 1 aromatic carbocycles. The molecule has 0 spiro atoms. The minimum absolute atomic E-state index is 0.104. The Morgan fingerprint density at radius 3 is 2.71 bits per heavy atom. The summed E-state index contributed by atoms with van der Waals surface area (Å²) in [7, 11) is 1.25. The van der Waals surface area contributed by atoms with Gasteiger partial charge in [0.1, 0.15) is 10.9 Å². The Labute approximate surface area is 170 Å². The Morgan fingerprint density at radius 2 is 2.14 bits per heavy atom. The van der Waals surface area contributed by atoms with Crippen LogP contribution in [0.5, 0.6) is 11.5 Å². The zero-order valence-corrected chi connectivity index (χ0v) is 17.0. The number of esters is 1. The summed E-state index contributed by atoms with van der Waals surface area (Å²) in [5, 5.41) is 20.9. The van der Waals surface area contributed by atoms with E-state index in [1.165, 1.54) is 19.3 Å². The zero-order valence-electron chi connectivity index (χ0n) is 15.3. The second-order valence-electron chi connectivity index (χ2n) is 6.19. The summed E-state index contributed by atoms with van der Waals surface area (Å²) in [6.45, 7) is 3.70. The first kappa shape index (κ1) is 21.6. The van der Waals surface area contributed by atoms with E-state index in [1.54, 1.807) is 0 Å². The number of hydrogen-bond donors (Lipinski definition) is 1. The van der Waals surface area contributed by atoms with Gasteiger partial charge in [0.05, 0.1) is 23.5 Å². The third kappa shape index (κ3) is 4.98. The van der Waals surface area contributed by atoms with Gasteiger partial charge < -0.3 is 14.6 Å². The third-order valence-corrected chi connectivity index (χ3v) is 4.91. The number of aromatic hydroxyl groups is 1. The average Bonchev–Trinajstić information content (AvgIpc) is 2.88. The van der Waals surface area contributed by atoms with Crippen molar-refractivity contribution in [2.45, 2.75) is 13.8 Å². The molecule has 0 unspecified atom stereocenters. The van der Waals surface area contributed by atoms with Crippen LogP contribution in [0.4, 0.5) is 5.69 Å². The Hall–Kier alpha value is -2.66. The lowest BCUT2D eigenvalue weighted by Crippen LogP contribution is -2.34. The fraction of sp³-hybridized carbons (Fsp3) is 0.353. The van der Waals surface area contributed by atoms with Gasteiger partial charge in [-0.15, -0.1) is 0 Å². The van der Waals surface area contributed by atoms with Gasteiger partial charge in [0, 0.05) is 6.07 Å². The van der Waals surface area contributed by atoms with Crippen LogP contribution < -0.4 is 4.74 Å². The van der Waals surface area contributed by atoms with Crippen LogP contribution in [-0.2, 0) is 14.3 Å². The molecule has 0 bridgehead atoms. The highest BCUT2D eigenvalue weighted by Gasteiger charge is 2.34. The minimum Gasteiger partial charge on any atom is -0.500 e. The molecule has 1 aliphatic heterocycles. The molecular weight excluding hydrogens is 408 g/mol. The molecule has 0 aromatic heterocycles. The second-order valence-corrected chi connectivity index (χ2v) is 7.87. The van der Waals surface area contributed by atoms with Crippen molar-refractivity contribution in [3.05, 3.63) is 32.7 Å². The number of nitro groups is 1. The quantitative estimate of drug-likeness (QED) is 0.231. The highest BCUT2D eigenvalue weighted by Crippen LogP contribution is 2.39. The van der Waals surface area contributed by atoms with Gasteiger partial charge in [-0.05, 0) is 23.6 Å². The van der Waals surface area contributed by atoms with Crippen molar-refractivity contribution in [1.29, 1.82) is 0 Å². The summed E-state index contributed by atoms with van der Waals surface area (Å²) in [6.07, 6.45) is 1.38. The average molecular weight is 426 g/mol. The van der Waals surface area contributed by atoms with Gasteiger partial charge in [-0.2, -0.15) is 0 Å². The van der Waals surface area contributed by atoms with E-state index in [4.69, 9.17) is 21.7 Å². The molecule has 1 aromatic rings. The van der Waals surface area contributed by atoms with Crippen LogP contribution >= 0.6 is 24.0 Å². The van der Waals surface area contributed by atoms with Crippen LogP contribution in [-0.4, -0.2) is 51.4 Å². The van der Waals surface area contributed by atoms with Crippen LogP contribution in [0.25, 0.3) is 6.08 Å². The van der Waals surface area contributed by atoms with Crippen LogP contribution in [0.2, 0.25) is 0 Å². The minimum atomic E-state index is -0.759. The molecule has 1 saturated heterocycles. The number of hydrogen-bond acceptors (Lipinski definition) is 9. The predicted octanol–water partition coefficient (Wildman–Crippen LogP) is 2.71. The van der Waals surface area contributed by atoms with E-state index in [2.05, 4.69) is 0 Å². The number of thiocarbonyl (C=S) groups is 1. The van der Waals surface area contributed by atoms with Gasteiger partial charge in [0.2, 0.25) is 5.75 Å². The maximum Gasteiger partial charge on any atom is 0.326 e. The molecular formula is C17H18N2O7S2.